The second-order valence-corrected chi connectivity index (χ2v) is 16.5. The Hall–Kier alpha value is -1.55. The Kier molecular flexibility index (Phi) is 39.5. The highest BCUT2D eigenvalue weighted by atomic mass is 31.2. The Balaban J connectivity index is 4.29. The van der Waals surface area contributed by atoms with Gasteiger partial charge >= 0.3 is 19.8 Å². The molecule has 1 unspecified atom stereocenters. The summed E-state index contributed by atoms with van der Waals surface area (Å²) in [7, 11) is -4.62. The number of allylic oxidation sites excluding steroid dienone is 4. The first-order chi connectivity index (χ1) is 26.7. The van der Waals surface area contributed by atoms with Gasteiger partial charge in [0, 0.05) is 12.8 Å². The van der Waals surface area contributed by atoms with Gasteiger partial charge in [0.1, 0.15) is 12.7 Å². The molecule has 0 aliphatic carbocycles. The van der Waals surface area contributed by atoms with Gasteiger partial charge in [0.2, 0.25) is 0 Å². The molecule has 0 saturated heterocycles. The van der Waals surface area contributed by atoms with Gasteiger partial charge in [-0.2, -0.15) is 0 Å². The predicted molar refractivity (Wildman–Crippen MR) is 224 cm³/mol. The second-order valence-electron chi connectivity index (χ2n) is 15.1. The van der Waals surface area contributed by atoms with Crippen LogP contribution in [-0.4, -0.2) is 65.7 Å². The molecular weight excluding hydrogens is 719 g/mol. The smallest absolute Gasteiger partial charge is 0.462 e. The zero-order chi connectivity index (χ0) is 40.5. The van der Waals surface area contributed by atoms with E-state index in [0.29, 0.717) is 12.8 Å². The number of hydrogen-bond acceptors (Lipinski definition) is 9. The van der Waals surface area contributed by atoms with Gasteiger partial charge in [-0.05, 0) is 64.2 Å². The molecule has 0 spiro atoms. The maximum absolute atomic E-state index is 12.6. The lowest BCUT2D eigenvalue weighted by Crippen LogP contribution is -2.29. The summed E-state index contributed by atoms with van der Waals surface area (Å²) in [6, 6.07) is 0. The van der Waals surface area contributed by atoms with Crippen LogP contribution >= 0.6 is 7.82 Å². The standard InChI is InChI=1S/C44H83O10P/c1-3-5-7-9-11-13-15-17-19-20-22-24-26-28-30-32-34-36-44(48)54-42(40-53-55(49,50)52-38-41(46)37-45)39-51-43(47)35-33-31-29-27-25-23-21-18-16-14-12-10-8-6-4-2/h17-19,21,41-42,45-46H,3-16,20,22-40H2,1-2H3,(H,49,50)/b19-17+,21-18+/t41-,42+/m0/s1. The molecule has 10 nitrogen and oxygen atoms in total. The van der Waals surface area contributed by atoms with E-state index in [4.69, 9.17) is 23.6 Å². The topological polar surface area (TPSA) is 149 Å². The van der Waals surface area contributed by atoms with Gasteiger partial charge in [0.25, 0.3) is 0 Å². The highest BCUT2D eigenvalue weighted by Crippen LogP contribution is 2.43. The van der Waals surface area contributed by atoms with Crippen LogP contribution in [-0.2, 0) is 32.7 Å². The normalized spacial score (nSPS) is 14.1. The van der Waals surface area contributed by atoms with Crippen molar-refractivity contribution < 1.29 is 47.8 Å². The average Bonchev–Trinajstić information content (AvgIpc) is 3.17. The third-order valence-electron chi connectivity index (χ3n) is 9.58. The maximum atomic E-state index is 12.6. The van der Waals surface area contributed by atoms with E-state index in [0.717, 1.165) is 57.8 Å². The summed E-state index contributed by atoms with van der Waals surface area (Å²) in [4.78, 5) is 35.0. The molecule has 11 heteroatoms. The number of hydrogen-bond donors (Lipinski definition) is 3. The number of carbonyl (C=O) groups excluding carboxylic acids is 2. The predicted octanol–water partition coefficient (Wildman–Crippen LogP) is 11.8. The summed E-state index contributed by atoms with van der Waals surface area (Å²) in [5.74, 6) is -0.934. The van der Waals surface area contributed by atoms with Gasteiger partial charge in [-0.1, -0.05) is 154 Å². The molecule has 55 heavy (non-hydrogen) atoms. The van der Waals surface area contributed by atoms with Crippen LogP contribution in [0.4, 0.5) is 0 Å². The van der Waals surface area contributed by atoms with Crippen molar-refractivity contribution in [1.82, 2.24) is 0 Å². The molecule has 3 atom stereocenters. The molecular formula is C44H83O10P. The Labute approximate surface area is 336 Å². The molecule has 0 fully saturated rings. The van der Waals surface area contributed by atoms with Crippen LogP contribution in [0.25, 0.3) is 0 Å². The van der Waals surface area contributed by atoms with Gasteiger partial charge in [-0.25, -0.2) is 4.57 Å². The summed E-state index contributed by atoms with van der Waals surface area (Å²) < 4.78 is 32.7. The molecule has 0 aliphatic heterocycles. The lowest BCUT2D eigenvalue weighted by molar-refractivity contribution is -0.161. The number of carbonyl (C=O) groups is 2. The number of aliphatic hydroxyl groups excluding tert-OH is 2. The van der Waals surface area contributed by atoms with E-state index < -0.39 is 51.8 Å². The summed E-state index contributed by atoms with van der Waals surface area (Å²) in [5, 5.41) is 18.3. The van der Waals surface area contributed by atoms with Crippen LogP contribution in [0, 0.1) is 0 Å². The third-order valence-corrected chi connectivity index (χ3v) is 10.5. The van der Waals surface area contributed by atoms with Crippen molar-refractivity contribution in [2.45, 2.75) is 219 Å². The van der Waals surface area contributed by atoms with Crippen molar-refractivity contribution >= 4 is 19.8 Å². The van der Waals surface area contributed by atoms with Crippen LogP contribution in [0.5, 0.6) is 0 Å². The largest absolute Gasteiger partial charge is 0.472 e. The average molecular weight is 803 g/mol. The Morgan fingerprint density at radius 1 is 0.527 bits per heavy atom. The first-order valence-corrected chi connectivity index (χ1v) is 23.8. The zero-order valence-electron chi connectivity index (χ0n) is 35.2. The van der Waals surface area contributed by atoms with Gasteiger partial charge < -0.3 is 24.6 Å². The Morgan fingerprint density at radius 3 is 1.31 bits per heavy atom. The molecule has 3 N–H and O–H groups in total. The fraction of sp³-hybridized carbons (Fsp3) is 0.864. The third kappa shape index (κ3) is 40.4. The minimum Gasteiger partial charge on any atom is -0.462 e. The van der Waals surface area contributed by atoms with E-state index in [-0.39, 0.29) is 19.4 Å². The van der Waals surface area contributed by atoms with E-state index in [9.17, 15) is 24.2 Å². The molecule has 0 aliphatic rings. The van der Waals surface area contributed by atoms with Crippen molar-refractivity contribution in [3.63, 3.8) is 0 Å². The number of phosphoric ester groups is 1. The van der Waals surface area contributed by atoms with Crippen LogP contribution in [0.3, 0.4) is 0 Å². The second kappa shape index (κ2) is 40.6. The van der Waals surface area contributed by atoms with Crippen molar-refractivity contribution in [1.29, 1.82) is 0 Å². The summed E-state index contributed by atoms with van der Waals surface area (Å²) in [6.07, 6.45) is 39.9. The van der Waals surface area contributed by atoms with E-state index in [1.54, 1.807) is 0 Å². The summed E-state index contributed by atoms with van der Waals surface area (Å²) in [6.45, 7) is 2.37. The summed E-state index contributed by atoms with van der Waals surface area (Å²) >= 11 is 0. The maximum Gasteiger partial charge on any atom is 0.472 e. The van der Waals surface area contributed by atoms with Gasteiger partial charge in [-0.15, -0.1) is 0 Å². The molecule has 0 radical (unpaired) electrons. The molecule has 0 amide bonds. The number of aliphatic hydroxyl groups is 2. The molecule has 0 bridgehead atoms. The molecule has 0 saturated carbocycles. The molecule has 0 rings (SSSR count). The zero-order valence-corrected chi connectivity index (χ0v) is 36.0. The fourth-order valence-corrected chi connectivity index (χ4v) is 6.89. The number of phosphoric acid groups is 1. The Morgan fingerprint density at radius 2 is 0.891 bits per heavy atom. The number of esters is 2. The van der Waals surface area contributed by atoms with Gasteiger partial charge in [0.15, 0.2) is 6.10 Å². The fourth-order valence-electron chi connectivity index (χ4n) is 6.10. The highest BCUT2D eigenvalue weighted by Gasteiger charge is 2.27. The van der Waals surface area contributed by atoms with Crippen molar-refractivity contribution in [2.75, 3.05) is 26.4 Å². The monoisotopic (exact) mass is 803 g/mol. The number of rotatable bonds is 42. The van der Waals surface area contributed by atoms with Crippen LogP contribution in [0.1, 0.15) is 206 Å². The van der Waals surface area contributed by atoms with Gasteiger partial charge in [0.05, 0.1) is 19.8 Å². The van der Waals surface area contributed by atoms with Crippen molar-refractivity contribution in [3.8, 4) is 0 Å². The molecule has 324 valence electrons. The van der Waals surface area contributed by atoms with Crippen LogP contribution in [0.15, 0.2) is 24.3 Å². The van der Waals surface area contributed by atoms with Gasteiger partial charge in [-0.3, -0.25) is 18.6 Å². The van der Waals surface area contributed by atoms with Crippen molar-refractivity contribution in [2.24, 2.45) is 0 Å². The lowest BCUT2D eigenvalue weighted by atomic mass is 10.1. The Bertz CT molecular complexity index is 972. The number of ether oxygens (including phenoxy) is 2. The molecule has 0 aromatic carbocycles. The molecule has 0 aromatic rings. The molecule has 0 heterocycles. The summed E-state index contributed by atoms with van der Waals surface area (Å²) in [5.41, 5.74) is 0. The quantitative estimate of drug-likeness (QED) is 0.0236. The van der Waals surface area contributed by atoms with E-state index in [1.807, 2.05) is 0 Å². The van der Waals surface area contributed by atoms with Crippen LogP contribution in [0.2, 0.25) is 0 Å². The first-order valence-electron chi connectivity index (χ1n) is 22.3. The minimum atomic E-state index is -4.62. The minimum absolute atomic E-state index is 0.179. The van der Waals surface area contributed by atoms with E-state index >= 15 is 0 Å². The SMILES string of the molecule is CCCCCCCC/C=C/CCCCCCCCCC(=O)O[C@H](COC(=O)CCCCCCC/C=C/CCCCCCCC)COP(=O)(O)OC[C@@H](O)CO. The number of unbranched alkanes of at least 4 members (excludes halogenated alkanes) is 24. The first kappa shape index (κ1) is 53.5. The van der Waals surface area contributed by atoms with E-state index in [2.05, 4.69) is 38.2 Å². The van der Waals surface area contributed by atoms with Crippen LogP contribution < -0.4 is 0 Å². The molecule has 0 aromatic heterocycles. The van der Waals surface area contributed by atoms with Crippen molar-refractivity contribution in [3.05, 3.63) is 24.3 Å². The van der Waals surface area contributed by atoms with E-state index in [1.165, 1.54) is 109 Å². The lowest BCUT2D eigenvalue weighted by Gasteiger charge is -2.20. The highest BCUT2D eigenvalue weighted by molar-refractivity contribution is 7.47.